The minimum absolute atomic E-state index is 0.00546. The standard InChI is InChI=1S/C27H36N4O4/c1-19-15-30(24-9-5-22(6-10-24)27(33)34-4)14-13-29(19)18-26(32)28-23-7-11-25(12-8-23)31-16-20(2)35-21(3)17-31/h5-12,19-21H,13-18H2,1-4H3,(H,28,32). The van der Waals surface area contributed by atoms with Crippen LogP contribution in [0.15, 0.2) is 48.5 Å². The summed E-state index contributed by atoms with van der Waals surface area (Å²) in [5, 5.41) is 3.04. The molecule has 2 aromatic carbocycles. The molecule has 0 bridgehead atoms. The molecule has 8 nitrogen and oxygen atoms in total. The first kappa shape index (κ1) is 25.0. The lowest BCUT2D eigenvalue weighted by molar-refractivity contribution is -0.117. The van der Waals surface area contributed by atoms with Crippen LogP contribution in [0.1, 0.15) is 31.1 Å². The van der Waals surface area contributed by atoms with Gasteiger partial charge in [-0.3, -0.25) is 9.69 Å². The molecule has 3 atom stereocenters. The summed E-state index contributed by atoms with van der Waals surface area (Å²) in [6.07, 6.45) is 0.416. The zero-order valence-corrected chi connectivity index (χ0v) is 21.1. The molecule has 1 N–H and O–H groups in total. The fourth-order valence-corrected chi connectivity index (χ4v) is 4.92. The van der Waals surface area contributed by atoms with Crippen molar-refractivity contribution in [3.05, 3.63) is 54.1 Å². The Morgan fingerprint density at radius 1 is 0.886 bits per heavy atom. The predicted molar refractivity (Wildman–Crippen MR) is 138 cm³/mol. The average molecular weight is 481 g/mol. The SMILES string of the molecule is COC(=O)c1ccc(N2CCN(CC(=O)Nc3ccc(N4CC(C)OC(C)C4)cc3)C(C)C2)cc1. The fraction of sp³-hybridized carbons (Fsp3) is 0.481. The summed E-state index contributed by atoms with van der Waals surface area (Å²) < 4.78 is 10.6. The first-order chi connectivity index (χ1) is 16.8. The monoisotopic (exact) mass is 480 g/mol. The van der Waals surface area contributed by atoms with Crippen LogP contribution in [0.2, 0.25) is 0 Å². The number of hydrogen-bond donors (Lipinski definition) is 1. The molecule has 0 saturated carbocycles. The summed E-state index contributed by atoms with van der Waals surface area (Å²) in [4.78, 5) is 31.2. The molecule has 2 aliphatic rings. The molecule has 2 aromatic rings. The zero-order chi connectivity index (χ0) is 24.9. The summed E-state index contributed by atoms with van der Waals surface area (Å²) in [7, 11) is 1.38. The Morgan fingerprint density at radius 2 is 1.49 bits per heavy atom. The van der Waals surface area contributed by atoms with Crippen molar-refractivity contribution >= 4 is 28.9 Å². The third-order valence-electron chi connectivity index (χ3n) is 6.70. The summed E-state index contributed by atoms with van der Waals surface area (Å²) in [5.41, 5.74) is 3.57. The number of ether oxygens (including phenoxy) is 2. The van der Waals surface area contributed by atoms with E-state index < -0.39 is 0 Å². The number of nitrogens with one attached hydrogen (secondary N) is 1. The van der Waals surface area contributed by atoms with Gasteiger partial charge in [0.1, 0.15) is 0 Å². The van der Waals surface area contributed by atoms with Gasteiger partial charge in [-0.1, -0.05) is 0 Å². The van der Waals surface area contributed by atoms with E-state index in [2.05, 4.69) is 52.9 Å². The van der Waals surface area contributed by atoms with Gasteiger partial charge in [-0.2, -0.15) is 0 Å². The number of carbonyl (C=O) groups is 2. The van der Waals surface area contributed by atoms with Gasteiger partial charge in [-0.05, 0) is 69.3 Å². The minimum atomic E-state index is -0.333. The van der Waals surface area contributed by atoms with Gasteiger partial charge < -0.3 is 24.6 Å². The Kier molecular flexibility index (Phi) is 7.93. The van der Waals surface area contributed by atoms with Crippen LogP contribution in [-0.2, 0) is 14.3 Å². The normalized spacial score (nSPS) is 23.1. The van der Waals surface area contributed by atoms with E-state index in [9.17, 15) is 9.59 Å². The van der Waals surface area contributed by atoms with E-state index in [-0.39, 0.29) is 30.1 Å². The van der Waals surface area contributed by atoms with Crippen molar-refractivity contribution in [2.45, 2.75) is 39.0 Å². The van der Waals surface area contributed by atoms with Gasteiger partial charge in [-0.25, -0.2) is 4.79 Å². The Bertz CT molecular complexity index is 1000. The number of nitrogens with zero attached hydrogens (tertiary/aromatic N) is 3. The third-order valence-corrected chi connectivity index (χ3v) is 6.70. The number of amides is 1. The lowest BCUT2D eigenvalue weighted by Crippen LogP contribution is -2.53. The molecule has 0 radical (unpaired) electrons. The van der Waals surface area contributed by atoms with Crippen LogP contribution >= 0.6 is 0 Å². The van der Waals surface area contributed by atoms with E-state index in [1.165, 1.54) is 7.11 Å². The number of piperazine rings is 1. The minimum Gasteiger partial charge on any atom is -0.465 e. The topological polar surface area (TPSA) is 74.4 Å². The number of hydrogen-bond acceptors (Lipinski definition) is 7. The molecule has 35 heavy (non-hydrogen) atoms. The highest BCUT2D eigenvalue weighted by Gasteiger charge is 2.26. The highest BCUT2D eigenvalue weighted by Crippen LogP contribution is 2.23. The lowest BCUT2D eigenvalue weighted by atomic mass is 10.1. The molecule has 2 fully saturated rings. The van der Waals surface area contributed by atoms with Crippen LogP contribution in [-0.4, -0.2) is 81.4 Å². The molecule has 4 rings (SSSR count). The molecular weight excluding hydrogens is 444 g/mol. The van der Waals surface area contributed by atoms with E-state index in [1.807, 2.05) is 24.3 Å². The maximum absolute atomic E-state index is 12.7. The van der Waals surface area contributed by atoms with Gasteiger partial charge in [0, 0.05) is 55.8 Å². The fourth-order valence-electron chi connectivity index (χ4n) is 4.92. The highest BCUT2D eigenvalue weighted by atomic mass is 16.5. The molecule has 0 aromatic heterocycles. The number of rotatable bonds is 6. The molecule has 8 heteroatoms. The first-order valence-corrected chi connectivity index (χ1v) is 12.3. The van der Waals surface area contributed by atoms with E-state index in [1.54, 1.807) is 12.1 Å². The van der Waals surface area contributed by atoms with Gasteiger partial charge in [0.05, 0.1) is 31.4 Å². The molecule has 2 heterocycles. The van der Waals surface area contributed by atoms with Gasteiger partial charge in [0.2, 0.25) is 5.91 Å². The van der Waals surface area contributed by atoms with Gasteiger partial charge >= 0.3 is 5.97 Å². The van der Waals surface area contributed by atoms with Gasteiger partial charge in [-0.15, -0.1) is 0 Å². The number of anilines is 3. The third kappa shape index (κ3) is 6.32. The quantitative estimate of drug-likeness (QED) is 0.637. The van der Waals surface area contributed by atoms with Gasteiger partial charge in [0.25, 0.3) is 0 Å². The van der Waals surface area contributed by atoms with Crippen LogP contribution in [0.5, 0.6) is 0 Å². The van der Waals surface area contributed by atoms with Crippen molar-refractivity contribution in [1.29, 1.82) is 0 Å². The van der Waals surface area contributed by atoms with Crippen molar-refractivity contribution in [3.63, 3.8) is 0 Å². The highest BCUT2D eigenvalue weighted by molar-refractivity contribution is 5.92. The van der Waals surface area contributed by atoms with Crippen LogP contribution < -0.4 is 15.1 Å². The molecule has 188 valence electrons. The van der Waals surface area contributed by atoms with Crippen molar-refractivity contribution in [1.82, 2.24) is 4.90 Å². The first-order valence-electron chi connectivity index (χ1n) is 12.3. The number of benzene rings is 2. The zero-order valence-electron chi connectivity index (χ0n) is 21.1. The van der Waals surface area contributed by atoms with Crippen molar-refractivity contribution < 1.29 is 19.1 Å². The average Bonchev–Trinajstić information content (AvgIpc) is 2.84. The van der Waals surface area contributed by atoms with Crippen LogP contribution in [0.3, 0.4) is 0 Å². The molecule has 2 aliphatic heterocycles. The molecule has 1 amide bonds. The second-order valence-electron chi connectivity index (χ2n) is 9.56. The summed E-state index contributed by atoms with van der Waals surface area (Å²) in [5.74, 6) is -0.338. The maximum Gasteiger partial charge on any atom is 0.337 e. The summed E-state index contributed by atoms with van der Waals surface area (Å²) >= 11 is 0. The van der Waals surface area contributed by atoms with Crippen LogP contribution in [0, 0.1) is 0 Å². The Hall–Kier alpha value is -3.10. The van der Waals surface area contributed by atoms with Crippen molar-refractivity contribution in [2.24, 2.45) is 0 Å². The van der Waals surface area contributed by atoms with Crippen LogP contribution in [0.25, 0.3) is 0 Å². The van der Waals surface area contributed by atoms with E-state index >= 15 is 0 Å². The largest absolute Gasteiger partial charge is 0.465 e. The number of morpholine rings is 1. The molecule has 0 aliphatic carbocycles. The van der Waals surface area contributed by atoms with Crippen molar-refractivity contribution in [2.75, 3.05) is 61.5 Å². The van der Waals surface area contributed by atoms with E-state index in [0.29, 0.717) is 12.1 Å². The Balaban J connectivity index is 1.27. The lowest BCUT2D eigenvalue weighted by Gasteiger charge is -2.40. The summed E-state index contributed by atoms with van der Waals surface area (Å²) in [6, 6.07) is 15.8. The maximum atomic E-state index is 12.7. The smallest absolute Gasteiger partial charge is 0.337 e. The summed E-state index contributed by atoms with van der Waals surface area (Å²) in [6.45, 7) is 10.9. The van der Waals surface area contributed by atoms with Gasteiger partial charge in [0.15, 0.2) is 0 Å². The second kappa shape index (κ2) is 11.1. The second-order valence-corrected chi connectivity index (χ2v) is 9.56. The molecule has 3 unspecified atom stereocenters. The van der Waals surface area contributed by atoms with Crippen molar-refractivity contribution in [3.8, 4) is 0 Å². The van der Waals surface area contributed by atoms with E-state index in [0.717, 1.165) is 49.8 Å². The van der Waals surface area contributed by atoms with E-state index in [4.69, 9.17) is 9.47 Å². The molecule has 2 saturated heterocycles. The Labute approximate surface area is 207 Å². The predicted octanol–water partition coefficient (Wildman–Crippen LogP) is 3.24. The molecular formula is C27H36N4O4. The number of esters is 1. The van der Waals surface area contributed by atoms with Crippen LogP contribution in [0.4, 0.5) is 17.1 Å². The molecule has 0 spiro atoms. The number of carbonyl (C=O) groups excluding carboxylic acids is 2. The number of methoxy groups -OCH3 is 1. The Morgan fingerprint density at radius 3 is 2.09 bits per heavy atom.